The monoisotopic (exact) mass is 590 g/mol. The van der Waals surface area contributed by atoms with Gasteiger partial charge in [-0.15, -0.1) is 5.10 Å². The Morgan fingerprint density at radius 2 is 1.90 bits per heavy atom. The van der Waals surface area contributed by atoms with Crippen molar-refractivity contribution in [2.24, 2.45) is 0 Å². The van der Waals surface area contributed by atoms with Gasteiger partial charge in [-0.05, 0) is 55.7 Å². The van der Waals surface area contributed by atoms with Crippen molar-refractivity contribution in [1.29, 1.82) is 0 Å². The van der Waals surface area contributed by atoms with Gasteiger partial charge in [-0.2, -0.15) is 4.98 Å². The number of carbonyl (C=O) groups excluding carboxylic acids is 1. The second-order valence-electron chi connectivity index (χ2n) is 9.52. The number of benzene rings is 3. The molecule has 3 aromatic carbocycles. The molecule has 10 heteroatoms. The number of hydrogen-bond donors (Lipinski definition) is 1. The number of hydrogen-bond acceptors (Lipinski definition) is 8. The van der Waals surface area contributed by atoms with E-state index in [2.05, 4.69) is 11.4 Å². The molecule has 0 aliphatic carbocycles. The molecule has 0 radical (unpaired) electrons. The Morgan fingerprint density at radius 3 is 2.66 bits per heavy atom. The molecule has 212 valence electrons. The molecule has 5 rings (SSSR count). The number of aromatic nitrogens is 3. The second-order valence-corrected chi connectivity index (χ2v) is 10.9. The smallest absolute Gasteiger partial charge is 0.338 e. The number of allylic oxidation sites excluding steroid dienone is 1. The summed E-state index contributed by atoms with van der Waals surface area (Å²) >= 11 is 7.82. The van der Waals surface area contributed by atoms with Crippen molar-refractivity contribution >= 4 is 35.3 Å². The van der Waals surface area contributed by atoms with Crippen LogP contribution in [0, 0.1) is 6.92 Å². The zero-order valence-electron chi connectivity index (χ0n) is 23.3. The minimum absolute atomic E-state index is 0.251. The SMILES string of the molecule is CCOC(=O)C1=C(C)Nc2nc(SCc3ccccc3Cl)nn2C1c1ccc(OCc2cccc(C)c2)c(OC)c1. The molecule has 0 saturated carbocycles. The molecule has 0 saturated heterocycles. The molecule has 8 nitrogen and oxygen atoms in total. The quantitative estimate of drug-likeness (QED) is 0.156. The lowest BCUT2D eigenvalue weighted by Gasteiger charge is -2.28. The molecule has 1 N–H and O–H groups in total. The minimum atomic E-state index is -0.591. The van der Waals surface area contributed by atoms with Gasteiger partial charge in [-0.1, -0.05) is 77.5 Å². The van der Waals surface area contributed by atoms with Gasteiger partial charge in [-0.25, -0.2) is 9.48 Å². The molecule has 1 aromatic heterocycles. The molecule has 0 bridgehead atoms. The van der Waals surface area contributed by atoms with Gasteiger partial charge in [0, 0.05) is 16.5 Å². The third kappa shape index (κ3) is 6.36. The van der Waals surface area contributed by atoms with Crippen LogP contribution in [0.1, 0.15) is 42.1 Å². The first-order valence-corrected chi connectivity index (χ1v) is 14.6. The highest BCUT2D eigenvalue weighted by Gasteiger charge is 2.35. The van der Waals surface area contributed by atoms with E-state index >= 15 is 0 Å². The van der Waals surface area contributed by atoms with Gasteiger partial charge in [0.15, 0.2) is 11.5 Å². The Hall–Kier alpha value is -3.95. The average Bonchev–Trinajstić information content (AvgIpc) is 3.37. The van der Waals surface area contributed by atoms with Crippen LogP contribution in [-0.4, -0.2) is 34.5 Å². The summed E-state index contributed by atoms with van der Waals surface area (Å²) in [5.74, 6) is 1.85. The van der Waals surface area contributed by atoms with Gasteiger partial charge in [0.1, 0.15) is 12.6 Å². The molecule has 1 aliphatic heterocycles. The van der Waals surface area contributed by atoms with Crippen LogP contribution >= 0.6 is 23.4 Å². The topological polar surface area (TPSA) is 87.5 Å². The molecular weight excluding hydrogens is 560 g/mol. The average molecular weight is 591 g/mol. The highest BCUT2D eigenvalue weighted by molar-refractivity contribution is 7.98. The summed E-state index contributed by atoms with van der Waals surface area (Å²) < 4.78 is 19.0. The number of aryl methyl sites for hydroxylation is 1. The van der Waals surface area contributed by atoms with Crippen molar-refractivity contribution in [1.82, 2.24) is 14.8 Å². The van der Waals surface area contributed by atoms with Crippen molar-refractivity contribution in [3.8, 4) is 11.5 Å². The van der Waals surface area contributed by atoms with Crippen LogP contribution in [0.15, 0.2) is 83.2 Å². The third-order valence-corrected chi connectivity index (χ3v) is 7.88. The van der Waals surface area contributed by atoms with Gasteiger partial charge in [0.25, 0.3) is 0 Å². The lowest BCUT2D eigenvalue weighted by Crippen LogP contribution is -2.29. The summed E-state index contributed by atoms with van der Waals surface area (Å²) in [4.78, 5) is 17.9. The number of nitrogens with zero attached hydrogens (tertiary/aromatic N) is 3. The Morgan fingerprint density at radius 1 is 1.07 bits per heavy atom. The van der Waals surface area contributed by atoms with E-state index < -0.39 is 12.0 Å². The van der Waals surface area contributed by atoms with Crippen LogP contribution in [0.5, 0.6) is 11.5 Å². The summed E-state index contributed by atoms with van der Waals surface area (Å²) in [5.41, 5.74) is 5.09. The zero-order valence-corrected chi connectivity index (χ0v) is 24.9. The normalized spacial score (nSPS) is 14.3. The number of esters is 1. The van der Waals surface area contributed by atoms with E-state index in [9.17, 15) is 4.79 Å². The largest absolute Gasteiger partial charge is 0.493 e. The van der Waals surface area contributed by atoms with Crippen LogP contribution in [0.4, 0.5) is 5.95 Å². The zero-order chi connectivity index (χ0) is 28.9. The van der Waals surface area contributed by atoms with E-state index in [1.165, 1.54) is 17.3 Å². The maximum atomic E-state index is 13.2. The van der Waals surface area contributed by atoms with Crippen molar-refractivity contribution in [2.75, 3.05) is 19.0 Å². The number of nitrogens with one attached hydrogen (secondary N) is 1. The maximum Gasteiger partial charge on any atom is 0.338 e. The van der Waals surface area contributed by atoms with Crippen molar-refractivity contribution in [3.63, 3.8) is 0 Å². The van der Waals surface area contributed by atoms with Crippen molar-refractivity contribution < 1.29 is 19.0 Å². The first-order chi connectivity index (χ1) is 19.9. The van der Waals surface area contributed by atoms with Crippen LogP contribution in [0.25, 0.3) is 0 Å². The first kappa shape index (κ1) is 28.6. The molecule has 0 fully saturated rings. The van der Waals surface area contributed by atoms with Crippen molar-refractivity contribution in [2.45, 2.75) is 44.3 Å². The summed E-state index contributed by atoms with van der Waals surface area (Å²) in [7, 11) is 1.60. The Bertz CT molecular complexity index is 1600. The molecule has 1 aliphatic rings. The van der Waals surface area contributed by atoms with E-state index in [1.807, 2.05) is 74.5 Å². The Balaban J connectivity index is 1.47. The predicted octanol–water partition coefficient (Wildman–Crippen LogP) is 6.97. The van der Waals surface area contributed by atoms with E-state index in [4.69, 9.17) is 35.9 Å². The first-order valence-electron chi connectivity index (χ1n) is 13.2. The number of halogens is 1. The van der Waals surface area contributed by atoms with Gasteiger partial charge in [0.2, 0.25) is 11.1 Å². The van der Waals surface area contributed by atoms with E-state index in [0.717, 1.165) is 16.7 Å². The maximum absolute atomic E-state index is 13.2. The third-order valence-electron chi connectivity index (χ3n) is 6.62. The fourth-order valence-electron chi connectivity index (χ4n) is 4.67. The highest BCUT2D eigenvalue weighted by atomic mass is 35.5. The Labute approximate surface area is 248 Å². The predicted molar refractivity (Wildman–Crippen MR) is 161 cm³/mol. The molecule has 1 atom stereocenters. The van der Waals surface area contributed by atoms with Gasteiger partial charge in [0.05, 0.1) is 19.3 Å². The number of methoxy groups -OCH3 is 1. The second kappa shape index (κ2) is 12.7. The minimum Gasteiger partial charge on any atom is -0.493 e. The fraction of sp³-hybridized carbons (Fsp3) is 0.258. The number of ether oxygens (including phenoxy) is 3. The van der Waals surface area contributed by atoms with E-state index in [-0.39, 0.29) is 6.61 Å². The Kier molecular flexibility index (Phi) is 8.85. The number of rotatable bonds is 10. The molecular formula is C31H31ClN4O4S. The van der Waals surface area contributed by atoms with Gasteiger partial charge >= 0.3 is 5.97 Å². The van der Waals surface area contributed by atoms with Crippen LogP contribution in [0.2, 0.25) is 5.02 Å². The van der Waals surface area contributed by atoms with E-state index in [1.54, 1.807) is 18.7 Å². The molecule has 0 spiro atoms. The number of thioether (sulfide) groups is 1. The lowest BCUT2D eigenvalue weighted by atomic mass is 9.95. The highest BCUT2D eigenvalue weighted by Crippen LogP contribution is 2.40. The van der Waals surface area contributed by atoms with Gasteiger partial charge in [-0.3, -0.25) is 0 Å². The summed E-state index contributed by atoms with van der Waals surface area (Å²) in [6.45, 7) is 6.32. The number of fused-ring (bicyclic) bond motifs is 1. The number of anilines is 1. The molecule has 2 heterocycles. The van der Waals surface area contributed by atoms with E-state index in [0.29, 0.717) is 51.3 Å². The van der Waals surface area contributed by atoms with Gasteiger partial charge < -0.3 is 19.5 Å². The summed E-state index contributed by atoms with van der Waals surface area (Å²) in [5, 5.41) is 9.28. The molecule has 0 amide bonds. The fourth-order valence-corrected chi connectivity index (χ4v) is 5.78. The molecule has 41 heavy (non-hydrogen) atoms. The van der Waals surface area contributed by atoms with Crippen LogP contribution in [-0.2, 0) is 21.9 Å². The summed E-state index contributed by atoms with van der Waals surface area (Å²) in [6, 6.07) is 20.9. The molecule has 1 unspecified atom stereocenters. The standard InChI is InChI=1S/C31H31ClN4O4S/c1-5-39-29(37)27-20(3)33-30-34-31(41-18-23-11-6-7-12-24(23)32)35-36(30)28(27)22-13-14-25(26(16-22)38-4)40-17-21-10-8-9-19(2)15-21/h6-16,28H,5,17-18H2,1-4H3,(H,33,34,35). The van der Waals surface area contributed by atoms with Crippen LogP contribution in [0.3, 0.4) is 0 Å². The van der Waals surface area contributed by atoms with Crippen LogP contribution < -0.4 is 14.8 Å². The summed E-state index contributed by atoms with van der Waals surface area (Å²) in [6.07, 6.45) is 0. The lowest BCUT2D eigenvalue weighted by molar-refractivity contribution is -0.139. The van der Waals surface area contributed by atoms with Crippen molar-refractivity contribution in [3.05, 3.63) is 105 Å². The molecule has 4 aromatic rings. The number of carbonyl (C=O) groups is 1.